The van der Waals surface area contributed by atoms with Gasteiger partial charge in [-0.3, -0.25) is 14.9 Å². The Kier molecular flexibility index (Phi) is 6.88. The van der Waals surface area contributed by atoms with Crippen LogP contribution >= 0.6 is 11.6 Å². The molecule has 3 rings (SSSR count). The van der Waals surface area contributed by atoms with E-state index in [0.29, 0.717) is 18.8 Å². The van der Waals surface area contributed by atoms with Crippen LogP contribution in [0.2, 0.25) is 5.02 Å². The van der Waals surface area contributed by atoms with E-state index in [1.54, 1.807) is 0 Å². The van der Waals surface area contributed by atoms with Crippen LogP contribution in [0.3, 0.4) is 0 Å². The monoisotopic (exact) mass is 467 g/mol. The number of amides is 1. The van der Waals surface area contributed by atoms with Crippen molar-refractivity contribution in [3.8, 4) is 0 Å². The van der Waals surface area contributed by atoms with Gasteiger partial charge in [-0.2, -0.15) is 4.31 Å². The van der Waals surface area contributed by atoms with Crippen molar-refractivity contribution < 1.29 is 27.7 Å². The molecule has 2 aromatic carbocycles. The molecule has 1 heterocycles. The summed E-state index contributed by atoms with van der Waals surface area (Å²) in [5.41, 5.74) is -0.565. The van der Waals surface area contributed by atoms with E-state index in [-0.39, 0.29) is 15.5 Å². The van der Waals surface area contributed by atoms with E-state index < -0.39 is 39.1 Å². The summed E-state index contributed by atoms with van der Waals surface area (Å²) < 4.78 is 31.3. The van der Waals surface area contributed by atoms with Gasteiger partial charge in [0, 0.05) is 29.9 Å². The number of nitrogens with one attached hydrogen (secondary N) is 1. The van der Waals surface area contributed by atoms with Crippen molar-refractivity contribution in [2.45, 2.75) is 17.7 Å². The average Bonchev–Trinajstić information content (AvgIpc) is 3.28. The molecule has 31 heavy (non-hydrogen) atoms. The van der Waals surface area contributed by atoms with Crippen LogP contribution in [0.25, 0.3) is 0 Å². The fraction of sp³-hybridized carbons (Fsp3) is 0.263. The molecule has 0 aromatic heterocycles. The van der Waals surface area contributed by atoms with Crippen LogP contribution < -0.4 is 5.32 Å². The van der Waals surface area contributed by atoms with Gasteiger partial charge >= 0.3 is 5.97 Å². The summed E-state index contributed by atoms with van der Waals surface area (Å²) in [6.07, 6.45) is 1.65. The number of nitrogens with zero attached hydrogens (tertiary/aromatic N) is 2. The Labute approximate surface area is 183 Å². The zero-order valence-electron chi connectivity index (χ0n) is 16.1. The predicted octanol–water partition coefficient (Wildman–Crippen LogP) is 2.83. The van der Waals surface area contributed by atoms with Crippen LogP contribution in [0.5, 0.6) is 0 Å². The van der Waals surface area contributed by atoms with Gasteiger partial charge in [0.2, 0.25) is 10.0 Å². The van der Waals surface area contributed by atoms with Gasteiger partial charge in [0.25, 0.3) is 11.6 Å². The van der Waals surface area contributed by atoms with Crippen LogP contribution in [0, 0.1) is 10.1 Å². The zero-order valence-corrected chi connectivity index (χ0v) is 17.7. The van der Waals surface area contributed by atoms with E-state index in [4.69, 9.17) is 16.3 Å². The molecule has 1 aliphatic heterocycles. The van der Waals surface area contributed by atoms with Gasteiger partial charge in [-0.1, -0.05) is 11.6 Å². The van der Waals surface area contributed by atoms with Crippen molar-refractivity contribution >= 4 is 44.9 Å². The smallest absolute Gasteiger partial charge is 0.345 e. The Morgan fingerprint density at radius 3 is 2.39 bits per heavy atom. The molecule has 1 fully saturated rings. The topological polar surface area (TPSA) is 136 Å². The first-order valence-electron chi connectivity index (χ1n) is 9.19. The number of nitro benzene ring substituents is 1. The first kappa shape index (κ1) is 22.7. The fourth-order valence-corrected chi connectivity index (χ4v) is 4.71. The number of nitro groups is 1. The molecule has 12 heteroatoms. The van der Waals surface area contributed by atoms with Crippen LogP contribution in [-0.2, 0) is 19.6 Å². The zero-order chi connectivity index (χ0) is 22.6. The van der Waals surface area contributed by atoms with E-state index in [1.165, 1.54) is 34.6 Å². The molecule has 0 saturated carbocycles. The van der Waals surface area contributed by atoms with E-state index in [9.17, 15) is 28.1 Å². The molecule has 10 nitrogen and oxygen atoms in total. The molecule has 164 valence electrons. The Balaban J connectivity index is 1.59. The number of halogens is 1. The largest absolute Gasteiger partial charge is 0.452 e. The summed E-state index contributed by atoms with van der Waals surface area (Å²) in [4.78, 5) is 34.5. The van der Waals surface area contributed by atoms with Crippen LogP contribution in [0.15, 0.2) is 47.4 Å². The summed E-state index contributed by atoms with van der Waals surface area (Å²) in [5, 5.41) is 13.6. The quantitative estimate of drug-likeness (QED) is 0.375. The van der Waals surface area contributed by atoms with Gasteiger partial charge in [-0.25, -0.2) is 13.2 Å². The van der Waals surface area contributed by atoms with Crippen LogP contribution in [0.4, 0.5) is 11.4 Å². The van der Waals surface area contributed by atoms with E-state index in [0.717, 1.165) is 25.0 Å². The number of rotatable bonds is 7. The lowest BCUT2D eigenvalue weighted by molar-refractivity contribution is -0.385. The maximum Gasteiger partial charge on any atom is 0.345 e. The van der Waals surface area contributed by atoms with Crippen molar-refractivity contribution in [1.82, 2.24) is 4.31 Å². The summed E-state index contributed by atoms with van der Waals surface area (Å²) >= 11 is 5.70. The van der Waals surface area contributed by atoms with E-state index in [2.05, 4.69) is 5.32 Å². The molecular formula is C19H18ClN3O7S. The number of ether oxygens (including phenoxy) is 1. The Bertz CT molecular complexity index is 1110. The van der Waals surface area contributed by atoms with Crippen molar-refractivity contribution in [1.29, 1.82) is 0 Å². The minimum absolute atomic E-state index is 0.0798. The third-order valence-electron chi connectivity index (χ3n) is 4.55. The molecule has 0 aliphatic carbocycles. The number of carbonyl (C=O) groups excluding carboxylic acids is 2. The first-order valence-corrected chi connectivity index (χ1v) is 11.0. The first-order chi connectivity index (χ1) is 14.7. The Hall–Kier alpha value is -3.02. The highest BCUT2D eigenvalue weighted by Crippen LogP contribution is 2.24. The van der Waals surface area contributed by atoms with Gasteiger partial charge in [0.1, 0.15) is 5.56 Å². The van der Waals surface area contributed by atoms with Gasteiger partial charge in [0.05, 0.1) is 9.82 Å². The molecule has 0 spiro atoms. The van der Waals surface area contributed by atoms with E-state index >= 15 is 0 Å². The molecule has 1 saturated heterocycles. The number of esters is 1. The van der Waals surface area contributed by atoms with Crippen molar-refractivity contribution in [3.63, 3.8) is 0 Å². The van der Waals surface area contributed by atoms with Gasteiger partial charge in [0.15, 0.2) is 6.61 Å². The highest BCUT2D eigenvalue weighted by molar-refractivity contribution is 7.89. The predicted molar refractivity (Wildman–Crippen MR) is 111 cm³/mol. The molecule has 1 amide bonds. The highest BCUT2D eigenvalue weighted by atomic mass is 35.5. The molecule has 0 unspecified atom stereocenters. The minimum atomic E-state index is -3.56. The Morgan fingerprint density at radius 2 is 1.77 bits per heavy atom. The number of benzene rings is 2. The molecule has 0 radical (unpaired) electrons. The maximum absolute atomic E-state index is 12.5. The van der Waals surface area contributed by atoms with Gasteiger partial charge in [-0.05, 0) is 49.2 Å². The SMILES string of the molecule is O=C(COC(=O)c1ccc(Cl)cc1[N+](=O)[O-])Nc1ccc(S(=O)(=O)N2CCCC2)cc1. The lowest BCUT2D eigenvalue weighted by Crippen LogP contribution is -2.27. The average molecular weight is 468 g/mol. The van der Waals surface area contributed by atoms with Gasteiger partial charge < -0.3 is 10.1 Å². The molecule has 2 aromatic rings. The fourth-order valence-electron chi connectivity index (χ4n) is 3.02. The second-order valence-corrected chi connectivity index (χ2v) is 9.05. The second-order valence-electron chi connectivity index (χ2n) is 6.68. The minimum Gasteiger partial charge on any atom is -0.452 e. The van der Waals surface area contributed by atoms with Crippen LogP contribution in [-0.4, -0.2) is 49.2 Å². The van der Waals surface area contributed by atoms with E-state index in [1.807, 2.05) is 0 Å². The number of sulfonamides is 1. The summed E-state index contributed by atoms with van der Waals surface area (Å²) in [6.45, 7) is 0.280. The number of hydrogen-bond acceptors (Lipinski definition) is 7. The van der Waals surface area contributed by atoms with Crippen molar-refractivity contribution in [2.75, 3.05) is 25.0 Å². The molecule has 1 N–H and O–H groups in total. The standard InChI is InChI=1S/C19H18ClN3O7S/c20-13-3-8-16(17(11-13)23(26)27)19(25)30-12-18(24)21-14-4-6-15(7-5-14)31(28,29)22-9-1-2-10-22/h3-8,11H,1-2,9-10,12H2,(H,21,24). The second kappa shape index (κ2) is 9.41. The number of anilines is 1. The molecule has 0 atom stereocenters. The highest BCUT2D eigenvalue weighted by Gasteiger charge is 2.27. The third kappa shape index (κ3) is 5.37. The maximum atomic E-state index is 12.5. The number of hydrogen-bond donors (Lipinski definition) is 1. The normalized spacial score (nSPS) is 14.2. The lowest BCUT2D eigenvalue weighted by atomic mass is 10.2. The number of carbonyl (C=O) groups is 2. The lowest BCUT2D eigenvalue weighted by Gasteiger charge is -2.15. The Morgan fingerprint density at radius 1 is 1.13 bits per heavy atom. The van der Waals surface area contributed by atoms with Crippen molar-refractivity contribution in [3.05, 3.63) is 63.2 Å². The molecular weight excluding hydrogens is 450 g/mol. The van der Waals surface area contributed by atoms with Gasteiger partial charge in [-0.15, -0.1) is 0 Å². The summed E-state index contributed by atoms with van der Waals surface area (Å²) in [5.74, 6) is -1.74. The third-order valence-corrected chi connectivity index (χ3v) is 6.70. The van der Waals surface area contributed by atoms with Crippen molar-refractivity contribution in [2.24, 2.45) is 0 Å². The molecule has 0 bridgehead atoms. The summed E-state index contributed by atoms with van der Waals surface area (Å²) in [7, 11) is -3.56. The van der Waals surface area contributed by atoms with Crippen LogP contribution in [0.1, 0.15) is 23.2 Å². The molecule has 1 aliphatic rings. The summed E-state index contributed by atoms with van der Waals surface area (Å²) in [6, 6.07) is 9.05.